The molecule has 0 saturated heterocycles. The fraction of sp³-hybridized carbons (Fsp3) is 0.889. The van der Waals surface area contributed by atoms with E-state index in [1.807, 2.05) is 6.92 Å². The lowest BCUT2D eigenvalue weighted by Crippen LogP contribution is -2.19. The lowest BCUT2D eigenvalue weighted by atomic mass is 9.95. The van der Waals surface area contributed by atoms with Crippen LogP contribution in [0.25, 0.3) is 0 Å². The molecule has 0 radical (unpaired) electrons. The lowest BCUT2D eigenvalue weighted by Gasteiger charge is -2.15. The number of carbonyl (C=O) groups excluding carboxylic acids is 1. The highest BCUT2D eigenvalue weighted by atomic mass is 16.5. The average Bonchev–Trinajstić information content (AvgIpc) is 2.69. The first-order valence-corrected chi connectivity index (χ1v) is 4.14. The molecule has 1 unspecified atom stereocenters. The van der Waals surface area contributed by atoms with Gasteiger partial charge in [-0.15, -0.1) is 0 Å². The van der Waals surface area contributed by atoms with Gasteiger partial charge in [0.1, 0.15) is 5.78 Å². The highest BCUT2D eigenvalue weighted by Crippen LogP contribution is 2.50. The van der Waals surface area contributed by atoms with Crippen molar-refractivity contribution < 1.29 is 9.53 Å². The van der Waals surface area contributed by atoms with Gasteiger partial charge in [0.25, 0.3) is 0 Å². The van der Waals surface area contributed by atoms with Crippen molar-refractivity contribution >= 4 is 5.78 Å². The highest BCUT2D eigenvalue weighted by molar-refractivity contribution is 5.84. The molecule has 0 spiro atoms. The molecule has 1 aliphatic carbocycles. The molecule has 0 aromatic heterocycles. The third kappa shape index (κ3) is 1.80. The second-order valence-corrected chi connectivity index (χ2v) is 3.59. The van der Waals surface area contributed by atoms with Gasteiger partial charge in [0.05, 0.1) is 6.10 Å². The van der Waals surface area contributed by atoms with E-state index in [-0.39, 0.29) is 11.5 Å². The van der Waals surface area contributed by atoms with E-state index >= 15 is 0 Å². The molecule has 1 saturated carbocycles. The highest BCUT2D eigenvalue weighted by Gasteiger charge is 2.47. The van der Waals surface area contributed by atoms with E-state index in [9.17, 15) is 4.79 Å². The van der Waals surface area contributed by atoms with Gasteiger partial charge in [-0.05, 0) is 33.1 Å². The summed E-state index contributed by atoms with van der Waals surface area (Å²) < 4.78 is 5.12. The zero-order valence-electron chi connectivity index (χ0n) is 7.52. The summed E-state index contributed by atoms with van der Waals surface area (Å²) in [6.07, 6.45) is 3.26. The maximum absolute atomic E-state index is 11.1. The van der Waals surface area contributed by atoms with Crippen LogP contribution in [0.15, 0.2) is 0 Å². The van der Waals surface area contributed by atoms with Gasteiger partial charge in [0, 0.05) is 12.5 Å². The summed E-state index contributed by atoms with van der Waals surface area (Å²) in [7, 11) is 1.70. The Labute approximate surface area is 67.9 Å². The van der Waals surface area contributed by atoms with Crippen LogP contribution in [-0.2, 0) is 9.53 Å². The molecular weight excluding hydrogens is 140 g/mol. The Balaban J connectivity index is 2.41. The summed E-state index contributed by atoms with van der Waals surface area (Å²) >= 11 is 0. The molecule has 0 heterocycles. The third-order valence-corrected chi connectivity index (χ3v) is 2.68. The van der Waals surface area contributed by atoms with Crippen molar-refractivity contribution in [2.75, 3.05) is 7.11 Å². The van der Waals surface area contributed by atoms with Crippen molar-refractivity contribution in [3.05, 3.63) is 0 Å². The molecule has 64 valence electrons. The Morgan fingerprint density at radius 3 is 2.45 bits per heavy atom. The number of carbonyl (C=O) groups is 1. The molecule has 0 aliphatic heterocycles. The maximum Gasteiger partial charge on any atom is 0.136 e. The lowest BCUT2D eigenvalue weighted by molar-refractivity contribution is -0.123. The standard InChI is InChI=1S/C9H16O2/c1-7(11-3)6-9(4-5-9)8(2)10/h7H,4-6H2,1-3H3. The Morgan fingerprint density at radius 1 is 1.64 bits per heavy atom. The predicted molar refractivity (Wildman–Crippen MR) is 43.4 cm³/mol. The van der Waals surface area contributed by atoms with Crippen molar-refractivity contribution in [2.45, 2.75) is 39.2 Å². The Kier molecular flexibility index (Phi) is 2.33. The zero-order valence-corrected chi connectivity index (χ0v) is 7.52. The number of ketones is 1. The summed E-state index contributed by atoms with van der Waals surface area (Å²) in [5.74, 6) is 0.335. The zero-order chi connectivity index (χ0) is 8.48. The van der Waals surface area contributed by atoms with E-state index in [1.54, 1.807) is 14.0 Å². The molecular formula is C9H16O2. The third-order valence-electron chi connectivity index (χ3n) is 2.68. The van der Waals surface area contributed by atoms with Crippen molar-refractivity contribution in [3.63, 3.8) is 0 Å². The van der Waals surface area contributed by atoms with Crippen LogP contribution in [0, 0.1) is 5.41 Å². The number of ether oxygens (including phenoxy) is 1. The normalized spacial score (nSPS) is 22.8. The van der Waals surface area contributed by atoms with Crippen LogP contribution in [0.4, 0.5) is 0 Å². The largest absolute Gasteiger partial charge is 0.382 e. The molecule has 1 atom stereocenters. The maximum atomic E-state index is 11.1. The summed E-state index contributed by atoms with van der Waals surface area (Å²) in [6.45, 7) is 3.71. The molecule has 0 amide bonds. The predicted octanol–water partition coefficient (Wildman–Crippen LogP) is 1.78. The van der Waals surface area contributed by atoms with E-state index in [0.717, 1.165) is 19.3 Å². The SMILES string of the molecule is COC(C)CC1(C(C)=O)CC1. The Morgan fingerprint density at radius 2 is 2.18 bits per heavy atom. The first-order chi connectivity index (χ1) is 5.10. The van der Waals surface area contributed by atoms with Crippen LogP contribution in [0.5, 0.6) is 0 Å². The smallest absolute Gasteiger partial charge is 0.136 e. The minimum Gasteiger partial charge on any atom is -0.382 e. The van der Waals surface area contributed by atoms with Gasteiger partial charge >= 0.3 is 0 Å². The number of Topliss-reactive ketones (excluding diaryl/α,β-unsaturated/α-hetero) is 1. The average molecular weight is 156 g/mol. The van der Waals surface area contributed by atoms with Gasteiger partial charge in [-0.25, -0.2) is 0 Å². The molecule has 11 heavy (non-hydrogen) atoms. The Bertz CT molecular complexity index is 159. The van der Waals surface area contributed by atoms with Crippen molar-refractivity contribution in [1.82, 2.24) is 0 Å². The summed E-state index contributed by atoms with van der Waals surface area (Å²) in [6, 6.07) is 0. The van der Waals surface area contributed by atoms with Crippen LogP contribution in [0.1, 0.15) is 33.1 Å². The van der Waals surface area contributed by atoms with E-state index in [1.165, 1.54) is 0 Å². The number of hydrogen-bond donors (Lipinski definition) is 0. The molecule has 1 aliphatic rings. The number of rotatable bonds is 4. The second kappa shape index (κ2) is 2.94. The van der Waals surface area contributed by atoms with Gasteiger partial charge < -0.3 is 4.74 Å². The van der Waals surface area contributed by atoms with Gasteiger partial charge in [0.2, 0.25) is 0 Å². The minimum atomic E-state index is 0.00935. The summed E-state index contributed by atoms with van der Waals surface area (Å²) in [5, 5.41) is 0. The van der Waals surface area contributed by atoms with E-state index < -0.39 is 0 Å². The first-order valence-electron chi connectivity index (χ1n) is 4.14. The van der Waals surface area contributed by atoms with Crippen molar-refractivity contribution in [3.8, 4) is 0 Å². The first kappa shape index (κ1) is 8.72. The van der Waals surface area contributed by atoms with Crippen LogP contribution in [0.2, 0.25) is 0 Å². The molecule has 0 aromatic carbocycles. The molecule has 0 aromatic rings. The van der Waals surface area contributed by atoms with Crippen LogP contribution < -0.4 is 0 Å². The molecule has 2 nitrogen and oxygen atoms in total. The van der Waals surface area contributed by atoms with E-state index in [4.69, 9.17) is 4.74 Å². The molecule has 0 N–H and O–H groups in total. The fourth-order valence-electron chi connectivity index (χ4n) is 1.48. The number of methoxy groups -OCH3 is 1. The van der Waals surface area contributed by atoms with Gasteiger partial charge in [-0.2, -0.15) is 0 Å². The molecule has 1 fully saturated rings. The van der Waals surface area contributed by atoms with Gasteiger partial charge in [-0.1, -0.05) is 0 Å². The summed E-state index contributed by atoms with van der Waals surface area (Å²) in [4.78, 5) is 11.1. The van der Waals surface area contributed by atoms with E-state index in [2.05, 4.69) is 0 Å². The molecule has 0 bridgehead atoms. The van der Waals surface area contributed by atoms with E-state index in [0.29, 0.717) is 5.78 Å². The van der Waals surface area contributed by atoms with Crippen molar-refractivity contribution in [1.29, 1.82) is 0 Å². The second-order valence-electron chi connectivity index (χ2n) is 3.59. The monoisotopic (exact) mass is 156 g/mol. The van der Waals surface area contributed by atoms with Crippen molar-refractivity contribution in [2.24, 2.45) is 5.41 Å². The number of hydrogen-bond acceptors (Lipinski definition) is 2. The quantitative estimate of drug-likeness (QED) is 0.620. The Hall–Kier alpha value is -0.370. The van der Waals surface area contributed by atoms with Gasteiger partial charge in [0.15, 0.2) is 0 Å². The summed E-state index contributed by atoms with van der Waals surface area (Å²) in [5.41, 5.74) is 0.00935. The molecule has 2 heteroatoms. The topological polar surface area (TPSA) is 26.3 Å². The van der Waals surface area contributed by atoms with Crippen LogP contribution in [0.3, 0.4) is 0 Å². The van der Waals surface area contributed by atoms with Crippen LogP contribution >= 0.6 is 0 Å². The molecule has 1 rings (SSSR count). The van der Waals surface area contributed by atoms with Crippen LogP contribution in [-0.4, -0.2) is 19.0 Å². The fourth-order valence-corrected chi connectivity index (χ4v) is 1.48. The van der Waals surface area contributed by atoms with Gasteiger partial charge in [-0.3, -0.25) is 4.79 Å². The minimum absolute atomic E-state index is 0.00935.